The zero-order chi connectivity index (χ0) is 9.84. The first-order valence-corrected chi connectivity index (χ1v) is 3.97. The first-order chi connectivity index (χ1) is 6.15. The van der Waals surface area contributed by atoms with Gasteiger partial charge in [0.1, 0.15) is 0 Å². The zero-order valence-electron chi connectivity index (χ0n) is 7.20. The van der Waals surface area contributed by atoms with E-state index >= 15 is 0 Å². The Hall–Kier alpha value is -1.45. The Morgan fingerprint density at radius 3 is 3.00 bits per heavy atom. The van der Waals surface area contributed by atoms with Crippen molar-refractivity contribution in [2.75, 3.05) is 0 Å². The van der Waals surface area contributed by atoms with Gasteiger partial charge in [0.2, 0.25) is 6.17 Å². The van der Waals surface area contributed by atoms with E-state index in [1.807, 2.05) is 6.92 Å². The number of carbonyl (C=O) groups is 1. The number of carboxylic acid groups (broad SMARTS) is 1. The average Bonchev–Trinajstić information content (AvgIpc) is 2.16. The Morgan fingerprint density at radius 1 is 1.77 bits per heavy atom. The topological polar surface area (TPSA) is 50.2 Å². The van der Waals surface area contributed by atoms with Crippen LogP contribution in [0.4, 0.5) is 4.39 Å². The fraction of sp³-hybridized carbons (Fsp3) is 0.333. The number of halogens is 1. The average molecular weight is 183 g/mol. The van der Waals surface area contributed by atoms with E-state index in [0.717, 1.165) is 0 Å². The fourth-order valence-electron chi connectivity index (χ4n) is 0.990. The Morgan fingerprint density at radius 2 is 2.46 bits per heavy atom. The number of carboxylic acids is 1. The molecule has 0 aliphatic carbocycles. The predicted octanol–water partition coefficient (Wildman–Crippen LogP) is 1.74. The van der Waals surface area contributed by atoms with Crippen LogP contribution in [0.1, 0.15) is 24.4 Å². The second kappa shape index (κ2) is 3.98. The number of alkyl halides is 1. The third-order valence-electron chi connectivity index (χ3n) is 1.71. The second-order valence-corrected chi connectivity index (χ2v) is 2.63. The highest BCUT2D eigenvalue weighted by Gasteiger charge is 2.18. The maximum atomic E-state index is 12.9. The quantitative estimate of drug-likeness (QED) is 0.776. The van der Waals surface area contributed by atoms with Gasteiger partial charge < -0.3 is 5.11 Å². The monoisotopic (exact) mass is 183 g/mol. The van der Waals surface area contributed by atoms with Gasteiger partial charge in [0.05, 0.1) is 0 Å². The molecule has 0 saturated heterocycles. The lowest BCUT2D eigenvalue weighted by Gasteiger charge is -2.03. The van der Waals surface area contributed by atoms with Gasteiger partial charge in [-0.25, -0.2) is 9.18 Å². The molecule has 0 fully saturated rings. The minimum absolute atomic E-state index is 0.152. The molecule has 0 aliphatic heterocycles. The fourth-order valence-corrected chi connectivity index (χ4v) is 0.990. The summed E-state index contributed by atoms with van der Waals surface area (Å²) in [5.41, 5.74) is 0.848. The van der Waals surface area contributed by atoms with Gasteiger partial charge in [-0.2, -0.15) is 0 Å². The lowest BCUT2D eigenvalue weighted by atomic mass is 10.1. The van der Waals surface area contributed by atoms with Crippen LogP contribution in [0.25, 0.3) is 0 Å². The normalized spacial score (nSPS) is 12.5. The number of aromatic nitrogens is 1. The number of rotatable bonds is 3. The Balaban J connectivity index is 2.94. The molecule has 1 unspecified atom stereocenters. The molecule has 0 radical (unpaired) electrons. The van der Waals surface area contributed by atoms with Gasteiger partial charge in [-0.3, -0.25) is 4.98 Å². The third-order valence-corrected chi connectivity index (χ3v) is 1.71. The summed E-state index contributed by atoms with van der Waals surface area (Å²) in [7, 11) is 0. The smallest absolute Gasteiger partial charge is 0.343 e. The maximum Gasteiger partial charge on any atom is 0.343 e. The molecule has 0 aliphatic rings. The molecule has 1 rings (SSSR count). The van der Waals surface area contributed by atoms with Gasteiger partial charge in [-0.1, -0.05) is 6.92 Å². The van der Waals surface area contributed by atoms with Gasteiger partial charge in [0.15, 0.2) is 0 Å². The highest BCUT2D eigenvalue weighted by Crippen LogP contribution is 2.17. The molecule has 1 N–H and O–H groups in total. The van der Waals surface area contributed by atoms with Crippen LogP contribution in [0.5, 0.6) is 0 Å². The summed E-state index contributed by atoms with van der Waals surface area (Å²) in [6.45, 7) is 1.88. The van der Waals surface area contributed by atoms with Gasteiger partial charge in [0, 0.05) is 17.5 Å². The van der Waals surface area contributed by atoms with E-state index in [-0.39, 0.29) is 5.56 Å². The summed E-state index contributed by atoms with van der Waals surface area (Å²) < 4.78 is 12.9. The molecular formula is C9H10FNO2. The highest BCUT2D eigenvalue weighted by molar-refractivity contribution is 5.74. The summed E-state index contributed by atoms with van der Waals surface area (Å²) in [6.07, 6.45) is 0.137. The summed E-state index contributed by atoms with van der Waals surface area (Å²) in [6, 6.07) is 2.84. The van der Waals surface area contributed by atoms with Crippen molar-refractivity contribution in [2.45, 2.75) is 19.5 Å². The van der Waals surface area contributed by atoms with Crippen molar-refractivity contribution in [1.82, 2.24) is 4.98 Å². The van der Waals surface area contributed by atoms with E-state index < -0.39 is 12.1 Å². The first-order valence-electron chi connectivity index (χ1n) is 3.97. The molecule has 1 aromatic heterocycles. The SMILES string of the molecule is CCc1cc(C(F)C(=O)O)ccn1. The number of pyridine rings is 1. The number of hydrogen-bond acceptors (Lipinski definition) is 2. The van der Waals surface area contributed by atoms with Gasteiger partial charge in [0.25, 0.3) is 0 Å². The Bertz CT molecular complexity index is 314. The second-order valence-electron chi connectivity index (χ2n) is 2.63. The molecule has 4 heteroatoms. The molecule has 70 valence electrons. The molecule has 1 heterocycles. The van der Waals surface area contributed by atoms with Crippen LogP contribution in [0, 0.1) is 0 Å². The number of nitrogens with zero attached hydrogens (tertiary/aromatic N) is 1. The third kappa shape index (κ3) is 2.24. The van der Waals surface area contributed by atoms with Crippen LogP contribution in [0.3, 0.4) is 0 Å². The van der Waals surface area contributed by atoms with Crippen LogP contribution in [0.2, 0.25) is 0 Å². The van der Waals surface area contributed by atoms with E-state index in [9.17, 15) is 9.18 Å². The van der Waals surface area contributed by atoms with Gasteiger partial charge in [-0.05, 0) is 18.6 Å². The summed E-state index contributed by atoms with van der Waals surface area (Å²) in [5.74, 6) is -1.46. The van der Waals surface area contributed by atoms with Gasteiger partial charge >= 0.3 is 5.97 Å². The molecule has 1 atom stereocenters. The van der Waals surface area contributed by atoms with Crippen molar-refractivity contribution in [2.24, 2.45) is 0 Å². The van der Waals surface area contributed by atoms with E-state index in [1.54, 1.807) is 0 Å². The number of aliphatic carboxylic acids is 1. The molecular weight excluding hydrogens is 173 g/mol. The summed E-state index contributed by atoms with van der Waals surface area (Å²) >= 11 is 0. The first kappa shape index (κ1) is 9.64. The molecule has 13 heavy (non-hydrogen) atoms. The standard InChI is InChI=1S/C9H10FNO2/c1-2-7-5-6(3-4-11-7)8(10)9(12)13/h3-5,8H,2H2,1H3,(H,12,13). The molecule has 0 amide bonds. The Labute approximate surface area is 75.2 Å². The minimum Gasteiger partial charge on any atom is -0.479 e. The largest absolute Gasteiger partial charge is 0.479 e. The zero-order valence-corrected chi connectivity index (χ0v) is 7.20. The number of aryl methyl sites for hydroxylation is 1. The lowest BCUT2D eigenvalue weighted by molar-refractivity contribution is -0.143. The van der Waals surface area contributed by atoms with Crippen LogP contribution in [0.15, 0.2) is 18.3 Å². The summed E-state index contributed by atoms with van der Waals surface area (Å²) in [5, 5.41) is 8.40. The van der Waals surface area contributed by atoms with Gasteiger partial charge in [-0.15, -0.1) is 0 Å². The highest BCUT2D eigenvalue weighted by atomic mass is 19.1. The van der Waals surface area contributed by atoms with Crippen molar-refractivity contribution in [3.63, 3.8) is 0 Å². The van der Waals surface area contributed by atoms with E-state index in [2.05, 4.69) is 4.98 Å². The van der Waals surface area contributed by atoms with Crippen molar-refractivity contribution >= 4 is 5.97 Å². The van der Waals surface area contributed by atoms with Crippen molar-refractivity contribution in [1.29, 1.82) is 0 Å². The van der Waals surface area contributed by atoms with Crippen molar-refractivity contribution in [3.8, 4) is 0 Å². The van der Waals surface area contributed by atoms with Crippen LogP contribution in [-0.4, -0.2) is 16.1 Å². The lowest BCUT2D eigenvalue weighted by Crippen LogP contribution is -2.06. The molecule has 0 saturated carbocycles. The molecule has 0 spiro atoms. The van der Waals surface area contributed by atoms with Crippen LogP contribution < -0.4 is 0 Å². The van der Waals surface area contributed by atoms with Crippen molar-refractivity contribution < 1.29 is 14.3 Å². The molecule has 3 nitrogen and oxygen atoms in total. The predicted molar refractivity (Wildman–Crippen MR) is 45.1 cm³/mol. The van der Waals surface area contributed by atoms with E-state index in [1.165, 1.54) is 18.3 Å². The van der Waals surface area contributed by atoms with Crippen LogP contribution in [-0.2, 0) is 11.2 Å². The van der Waals surface area contributed by atoms with E-state index in [0.29, 0.717) is 12.1 Å². The van der Waals surface area contributed by atoms with Crippen molar-refractivity contribution in [3.05, 3.63) is 29.6 Å². The molecule has 0 aromatic carbocycles. The maximum absolute atomic E-state index is 12.9. The minimum atomic E-state index is -1.95. The Kier molecular flexibility index (Phi) is 2.95. The molecule has 0 bridgehead atoms. The number of hydrogen-bond donors (Lipinski definition) is 1. The van der Waals surface area contributed by atoms with E-state index in [4.69, 9.17) is 5.11 Å². The van der Waals surface area contributed by atoms with Crippen LogP contribution >= 0.6 is 0 Å². The summed E-state index contributed by atoms with van der Waals surface area (Å²) in [4.78, 5) is 14.2. The molecule has 1 aromatic rings.